The second-order valence-corrected chi connectivity index (χ2v) is 7.40. The van der Waals surface area contributed by atoms with Crippen molar-refractivity contribution in [2.45, 2.75) is 44.2 Å². The number of ketones is 1. The van der Waals surface area contributed by atoms with Gasteiger partial charge in [-0.1, -0.05) is 30.3 Å². The third kappa shape index (κ3) is 4.42. The number of amidine groups is 1. The van der Waals surface area contributed by atoms with E-state index >= 15 is 0 Å². The predicted octanol–water partition coefficient (Wildman–Crippen LogP) is 3.03. The van der Waals surface area contributed by atoms with Crippen LogP contribution in [-0.4, -0.2) is 36.4 Å². The van der Waals surface area contributed by atoms with Gasteiger partial charge < -0.3 is 10.1 Å². The topological polar surface area (TPSA) is 63.6 Å². The van der Waals surface area contributed by atoms with Gasteiger partial charge >= 0.3 is 0 Å². The van der Waals surface area contributed by atoms with Crippen LogP contribution in [0.2, 0.25) is 0 Å². The number of nitrogens with one attached hydrogen (secondary N) is 1. The monoisotopic (exact) mass is 363 g/mol. The van der Waals surface area contributed by atoms with Crippen LogP contribution >= 0.6 is 0 Å². The van der Waals surface area contributed by atoms with E-state index in [4.69, 9.17) is 4.74 Å². The minimum absolute atomic E-state index is 0.0794. The number of carbonyl (C=O) groups is 1. The summed E-state index contributed by atoms with van der Waals surface area (Å²) < 4.78 is 5.33. The highest BCUT2D eigenvalue weighted by molar-refractivity contribution is 6.02. The number of fused-ring (bicyclic) bond motifs is 1. The first-order valence-electron chi connectivity index (χ1n) is 9.57. The molecule has 1 N–H and O–H groups in total. The molecule has 1 aliphatic carbocycles. The van der Waals surface area contributed by atoms with E-state index in [0.29, 0.717) is 32.0 Å². The molecule has 0 bridgehead atoms. The minimum Gasteiger partial charge on any atom is -0.384 e. The van der Waals surface area contributed by atoms with Gasteiger partial charge in [-0.3, -0.25) is 14.8 Å². The van der Waals surface area contributed by atoms with Gasteiger partial charge in [-0.05, 0) is 30.0 Å². The predicted molar refractivity (Wildman–Crippen MR) is 105 cm³/mol. The van der Waals surface area contributed by atoms with Crippen molar-refractivity contribution in [3.8, 4) is 0 Å². The molecule has 1 saturated carbocycles. The maximum atomic E-state index is 12.7. The third-order valence-electron chi connectivity index (χ3n) is 5.12. The van der Waals surface area contributed by atoms with E-state index in [1.807, 2.05) is 30.5 Å². The molecule has 1 aliphatic heterocycles. The number of Topliss-reactive ketones (excluding diaryl/α,β-unsaturated/α-hetero) is 1. The summed E-state index contributed by atoms with van der Waals surface area (Å²) in [6.45, 7) is 1.21. The maximum absolute atomic E-state index is 12.7. The summed E-state index contributed by atoms with van der Waals surface area (Å²) in [5.74, 6) is 1.22. The smallest absolute Gasteiger partial charge is 0.139 e. The van der Waals surface area contributed by atoms with Gasteiger partial charge in [0.2, 0.25) is 0 Å². The molecule has 140 valence electrons. The summed E-state index contributed by atoms with van der Waals surface area (Å²) >= 11 is 0. The molecule has 5 nitrogen and oxygen atoms in total. The average Bonchev–Trinajstić information content (AvgIpc) is 3.41. The summed E-state index contributed by atoms with van der Waals surface area (Å²) in [5.41, 5.74) is 4.21. The van der Waals surface area contributed by atoms with Crippen molar-refractivity contribution in [3.05, 3.63) is 65.0 Å². The summed E-state index contributed by atoms with van der Waals surface area (Å²) in [7, 11) is 1.68. The van der Waals surface area contributed by atoms with Gasteiger partial charge in [0.15, 0.2) is 0 Å². The number of aliphatic imine (C=N–C) groups is 1. The zero-order valence-corrected chi connectivity index (χ0v) is 15.6. The Morgan fingerprint density at radius 1 is 1.30 bits per heavy atom. The molecule has 1 aromatic heterocycles. The number of methoxy groups -OCH3 is 1. The Hall–Kier alpha value is -2.53. The van der Waals surface area contributed by atoms with Crippen molar-refractivity contribution in [1.29, 1.82) is 0 Å². The molecule has 2 aromatic rings. The molecular weight excluding hydrogens is 338 g/mol. The molecule has 1 aromatic carbocycles. The lowest BCUT2D eigenvalue weighted by Crippen LogP contribution is -2.25. The lowest BCUT2D eigenvalue weighted by atomic mass is 9.93. The zero-order chi connectivity index (χ0) is 18.6. The number of hydrogen-bond donors (Lipinski definition) is 1. The van der Waals surface area contributed by atoms with Crippen molar-refractivity contribution in [3.63, 3.8) is 0 Å². The lowest BCUT2D eigenvalue weighted by Gasteiger charge is -2.15. The van der Waals surface area contributed by atoms with Gasteiger partial charge in [-0.2, -0.15) is 0 Å². The second-order valence-electron chi connectivity index (χ2n) is 7.40. The highest BCUT2D eigenvalue weighted by Crippen LogP contribution is 2.24. The maximum Gasteiger partial charge on any atom is 0.139 e. The van der Waals surface area contributed by atoms with Gasteiger partial charge in [-0.25, -0.2) is 0 Å². The van der Waals surface area contributed by atoms with E-state index in [1.54, 1.807) is 7.11 Å². The van der Waals surface area contributed by atoms with Crippen molar-refractivity contribution in [1.82, 2.24) is 10.3 Å². The largest absolute Gasteiger partial charge is 0.384 e. The first-order valence-corrected chi connectivity index (χ1v) is 9.57. The molecule has 0 amide bonds. The van der Waals surface area contributed by atoms with E-state index in [0.717, 1.165) is 28.2 Å². The Kier molecular flexibility index (Phi) is 5.30. The molecule has 2 aliphatic rings. The van der Waals surface area contributed by atoms with E-state index in [9.17, 15) is 4.79 Å². The Labute approximate surface area is 159 Å². The molecule has 1 atom stereocenters. The third-order valence-corrected chi connectivity index (χ3v) is 5.12. The summed E-state index contributed by atoms with van der Waals surface area (Å²) in [5, 5.41) is 3.46. The number of carbonyl (C=O) groups excluding carboxylic acids is 1. The number of hydrogen-bond acceptors (Lipinski definition) is 5. The van der Waals surface area contributed by atoms with Gasteiger partial charge in [0.1, 0.15) is 11.6 Å². The molecule has 0 radical (unpaired) electrons. The molecule has 4 rings (SSSR count). The fourth-order valence-corrected chi connectivity index (χ4v) is 3.53. The number of rotatable bonds is 8. The van der Waals surface area contributed by atoms with E-state index < -0.39 is 0 Å². The molecule has 0 unspecified atom stereocenters. The van der Waals surface area contributed by atoms with Gasteiger partial charge in [0.05, 0.1) is 13.2 Å². The van der Waals surface area contributed by atoms with Crippen LogP contribution in [-0.2, 0) is 22.5 Å². The number of pyridine rings is 1. The molecule has 5 heteroatoms. The highest BCUT2D eigenvalue weighted by Gasteiger charge is 2.26. The van der Waals surface area contributed by atoms with Crippen LogP contribution in [0.1, 0.15) is 47.6 Å². The van der Waals surface area contributed by atoms with E-state index in [-0.39, 0.29) is 11.7 Å². The first-order chi connectivity index (χ1) is 13.2. The quantitative estimate of drug-likeness (QED) is 0.783. The average molecular weight is 363 g/mol. The van der Waals surface area contributed by atoms with Crippen LogP contribution in [0.3, 0.4) is 0 Å². The van der Waals surface area contributed by atoms with E-state index in [1.165, 1.54) is 12.8 Å². The number of aromatic nitrogens is 1. The summed E-state index contributed by atoms with van der Waals surface area (Å²) in [4.78, 5) is 21.8. The Bertz CT molecular complexity index is 844. The molecule has 1 fully saturated rings. The molecule has 0 saturated heterocycles. The number of ether oxygens (including phenoxy) is 1. The first kappa shape index (κ1) is 17.9. The van der Waals surface area contributed by atoms with Gasteiger partial charge in [0.25, 0.3) is 0 Å². The molecule has 27 heavy (non-hydrogen) atoms. The van der Waals surface area contributed by atoms with E-state index in [2.05, 4.69) is 27.4 Å². The van der Waals surface area contributed by atoms with Crippen LogP contribution < -0.4 is 5.32 Å². The van der Waals surface area contributed by atoms with Crippen LogP contribution in [0.5, 0.6) is 0 Å². The SMILES string of the molecule is COC[C@@H](CC(=O)Cc1cc2c(cn1)C(NC1CC1)=NC2)c1ccccc1. The Balaban J connectivity index is 1.39. The Morgan fingerprint density at radius 2 is 2.11 bits per heavy atom. The van der Waals surface area contributed by atoms with Crippen LogP contribution in [0, 0.1) is 0 Å². The summed E-state index contributed by atoms with van der Waals surface area (Å²) in [6.07, 6.45) is 5.12. The van der Waals surface area contributed by atoms with Crippen molar-refractivity contribution >= 4 is 11.6 Å². The second kappa shape index (κ2) is 8.01. The number of nitrogens with zero attached hydrogens (tertiary/aromatic N) is 2. The molecular formula is C22H25N3O2. The normalized spacial score (nSPS) is 16.6. The Morgan fingerprint density at radius 3 is 2.85 bits per heavy atom. The highest BCUT2D eigenvalue weighted by atomic mass is 16.5. The van der Waals surface area contributed by atoms with Crippen LogP contribution in [0.4, 0.5) is 0 Å². The lowest BCUT2D eigenvalue weighted by molar-refractivity contribution is -0.119. The minimum atomic E-state index is 0.0794. The molecule has 0 spiro atoms. The van der Waals surface area contributed by atoms with Gasteiger partial charge in [-0.15, -0.1) is 0 Å². The molecule has 2 heterocycles. The van der Waals surface area contributed by atoms with Gasteiger partial charge in [0, 0.05) is 49.4 Å². The summed E-state index contributed by atoms with van der Waals surface area (Å²) in [6, 6.07) is 12.7. The van der Waals surface area contributed by atoms with Crippen LogP contribution in [0.25, 0.3) is 0 Å². The number of benzene rings is 1. The van der Waals surface area contributed by atoms with Crippen molar-refractivity contribution in [2.24, 2.45) is 4.99 Å². The fraction of sp³-hybridized carbons (Fsp3) is 0.409. The zero-order valence-electron chi connectivity index (χ0n) is 15.6. The fourth-order valence-electron chi connectivity index (χ4n) is 3.53. The van der Waals surface area contributed by atoms with Crippen LogP contribution in [0.15, 0.2) is 47.6 Å². The van der Waals surface area contributed by atoms with Crippen molar-refractivity contribution in [2.75, 3.05) is 13.7 Å². The standard InChI is InChI=1S/C22H25N3O2/c1-27-14-17(15-5-3-2-4-6-15)10-20(26)11-19-9-16-12-24-22(21(16)13-23-19)25-18-7-8-18/h2-6,9,13,17-18H,7-8,10-12,14H2,1H3,(H,24,25)/t17-/m1/s1. The van der Waals surface area contributed by atoms with Crippen molar-refractivity contribution < 1.29 is 9.53 Å².